The van der Waals surface area contributed by atoms with E-state index in [0.717, 1.165) is 16.0 Å². The van der Waals surface area contributed by atoms with Crippen molar-refractivity contribution in [2.75, 3.05) is 6.79 Å². The van der Waals surface area contributed by atoms with E-state index in [4.69, 9.17) is 9.47 Å². The van der Waals surface area contributed by atoms with Crippen molar-refractivity contribution in [3.05, 3.63) is 45.6 Å². The van der Waals surface area contributed by atoms with Gasteiger partial charge in [0.1, 0.15) is 6.04 Å². The Balaban J connectivity index is 1.59. The summed E-state index contributed by atoms with van der Waals surface area (Å²) in [5, 5.41) is 8.76. The summed E-state index contributed by atoms with van der Waals surface area (Å²) >= 11 is 1.51. The fourth-order valence-electron chi connectivity index (χ4n) is 2.76. The van der Waals surface area contributed by atoms with Crippen molar-refractivity contribution < 1.29 is 19.1 Å². The molecule has 0 aliphatic carbocycles. The second kappa shape index (κ2) is 8.88. The summed E-state index contributed by atoms with van der Waals surface area (Å²) in [5.41, 5.74) is 4.28. The largest absolute Gasteiger partial charge is 0.454 e. The number of carbonyl (C=O) groups excluding carboxylic acids is 2. The minimum absolute atomic E-state index is 0.0743. The van der Waals surface area contributed by atoms with Crippen molar-refractivity contribution in [3.8, 4) is 11.5 Å². The van der Waals surface area contributed by atoms with E-state index in [1.165, 1.54) is 11.3 Å². The van der Waals surface area contributed by atoms with Crippen LogP contribution in [0.2, 0.25) is 0 Å². The van der Waals surface area contributed by atoms with Gasteiger partial charge in [0.25, 0.3) is 5.91 Å². The van der Waals surface area contributed by atoms with Crippen LogP contribution >= 0.6 is 11.3 Å². The van der Waals surface area contributed by atoms with Crippen LogP contribution in [-0.4, -0.2) is 30.9 Å². The Labute approximate surface area is 167 Å². The number of thiophene rings is 1. The lowest BCUT2D eigenvalue weighted by molar-refractivity contribution is -0.129. The van der Waals surface area contributed by atoms with Crippen LogP contribution in [0.1, 0.15) is 29.9 Å². The lowest BCUT2D eigenvalue weighted by Crippen LogP contribution is -2.49. The molecule has 1 unspecified atom stereocenters. The molecule has 2 aromatic rings. The number of rotatable bonds is 7. The molecular formula is C20H23N3O4S. The summed E-state index contributed by atoms with van der Waals surface area (Å²) < 4.78 is 10.7. The number of hydrogen-bond donors (Lipinski definition) is 2. The van der Waals surface area contributed by atoms with E-state index in [9.17, 15) is 9.59 Å². The Morgan fingerprint density at radius 3 is 2.71 bits per heavy atom. The number of hydrazone groups is 1. The van der Waals surface area contributed by atoms with Crippen molar-refractivity contribution in [2.24, 2.45) is 11.0 Å². The molecule has 148 valence electrons. The van der Waals surface area contributed by atoms with Gasteiger partial charge in [-0.25, -0.2) is 5.43 Å². The van der Waals surface area contributed by atoms with Crippen molar-refractivity contribution >= 4 is 29.4 Å². The maximum absolute atomic E-state index is 12.5. The zero-order chi connectivity index (χ0) is 20.1. The first kappa shape index (κ1) is 19.9. The maximum Gasteiger partial charge on any atom is 0.262 e. The van der Waals surface area contributed by atoms with Crippen molar-refractivity contribution in [3.63, 3.8) is 0 Å². The third-order valence-corrected chi connectivity index (χ3v) is 5.20. The Hall–Kier alpha value is -2.87. The fourth-order valence-corrected chi connectivity index (χ4v) is 3.47. The Bertz CT molecular complexity index is 878. The SMILES string of the molecule is Cc1cc2c(cc1C=NNC(=O)C(NC(=O)Cc1cccs1)C(C)C)OCO2. The van der Waals surface area contributed by atoms with E-state index in [-0.39, 0.29) is 30.9 Å². The second-order valence-electron chi connectivity index (χ2n) is 6.84. The number of aryl methyl sites for hydroxylation is 1. The van der Waals surface area contributed by atoms with Gasteiger partial charge in [0.15, 0.2) is 11.5 Å². The number of nitrogens with one attached hydrogen (secondary N) is 2. The molecule has 3 rings (SSSR count). The molecule has 1 aromatic carbocycles. The molecule has 7 nitrogen and oxygen atoms in total. The zero-order valence-corrected chi connectivity index (χ0v) is 16.8. The van der Waals surface area contributed by atoms with Crippen LogP contribution in [-0.2, 0) is 16.0 Å². The zero-order valence-electron chi connectivity index (χ0n) is 16.0. The summed E-state index contributed by atoms with van der Waals surface area (Å²) in [7, 11) is 0. The Morgan fingerprint density at radius 2 is 2.04 bits per heavy atom. The highest BCUT2D eigenvalue weighted by molar-refractivity contribution is 7.10. The first-order valence-corrected chi connectivity index (χ1v) is 9.87. The second-order valence-corrected chi connectivity index (χ2v) is 7.87. The molecule has 1 atom stereocenters. The summed E-state index contributed by atoms with van der Waals surface area (Å²) in [5.74, 6) is 0.733. The minimum atomic E-state index is -0.664. The van der Waals surface area contributed by atoms with Gasteiger partial charge in [-0.2, -0.15) is 5.10 Å². The molecule has 0 spiro atoms. The van der Waals surface area contributed by atoms with Crippen LogP contribution in [0.15, 0.2) is 34.7 Å². The first-order valence-electron chi connectivity index (χ1n) is 8.99. The molecule has 0 saturated carbocycles. The van der Waals surface area contributed by atoms with Gasteiger partial charge in [0.05, 0.1) is 12.6 Å². The van der Waals surface area contributed by atoms with Crippen LogP contribution in [0.25, 0.3) is 0 Å². The van der Waals surface area contributed by atoms with Crippen molar-refractivity contribution in [1.82, 2.24) is 10.7 Å². The molecule has 2 amide bonds. The number of ether oxygens (including phenoxy) is 2. The molecule has 2 heterocycles. The normalized spacial score (nSPS) is 13.7. The van der Waals surface area contributed by atoms with Gasteiger partial charge < -0.3 is 14.8 Å². The van der Waals surface area contributed by atoms with Crippen LogP contribution in [0, 0.1) is 12.8 Å². The maximum atomic E-state index is 12.5. The number of fused-ring (bicyclic) bond motifs is 1. The van der Waals surface area contributed by atoms with Gasteiger partial charge >= 0.3 is 0 Å². The molecule has 0 fully saturated rings. The monoisotopic (exact) mass is 401 g/mol. The highest BCUT2D eigenvalue weighted by Crippen LogP contribution is 2.34. The highest BCUT2D eigenvalue weighted by atomic mass is 32.1. The molecule has 8 heteroatoms. The number of benzene rings is 1. The molecule has 2 N–H and O–H groups in total. The summed E-state index contributed by atoms with van der Waals surface area (Å²) in [6.07, 6.45) is 1.81. The predicted molar refractivity (Wildman–Crippen MR) is 108 cm³/mol. The van der Waals surface area contributed by atoms with Crippen LogP contribution < -0.4 is 20.2 Å². The summed E-state index contributed by atoms with van der Waals surface area (Å²) in [6.45, 7) is 5.88. The van der Waals surface area contributed by atoms with Crippen LogP contribution in [0.3, 0.4) is 0 Å². The van der Waals surface area contributed by atoms with Gasteiger partial charge in [0, 0.05) is 10.4 Å². The number of carbonyl (C=O) groups is 2. The van der Waals surface area contributed by atoms with Gasteiger partial charge in [-0.1, -0.05) is 19.9 Å². The molecule has 0 bridgehead atoms. The lowest BCUT2D eigenvalue weighted by atomic mass is 10.0. The summed E-state index contributed by atoms with van der Waals surface area (Å²) in [6, 6.07) is 6.81. The number of nitrogens with zero attached hydrogens (tertiary/aromatic N) is 1. The molecular weight excluding hydrogens is 378 g/mol. The third-order valence-electron chi connectivity index (χ3n) is 4.32. The van der Waals surface area contributed by atoms with Crippen LogP contribution in [0.4, 0.5) is 0 Å². The third kappa shape index (κ3) is 4.89. The van der Waals surface area contributed by atoms with Crippen molar-refractivity contribution in [1.29, 1.82) is 0 Å². The topological polar surface area (TPSA) is 89.0 Å². The van der Waals surface area contributed by atoms with Gasteiger partial charge in [0.2, 0.25) is 12.7 Å². The average Bonchev–Trinajstić information content (AvgIpc) is 3.30. The van der Waals surface area contributed by atoms with E-state index in [0.29, 0.717) is 11.5 Å². The van der Waals surface area contributed by atoms with E-state index in [2.05, 4.69) is 15.8 Å². The van der Waals surface area contributed by atoms with E-state index in [1.54, 1.807) is 6.21 Å². The molecule has 0 saturated heterocycles. The quantitative estimate of drug-likeness (QED) is 0.551. The van der Waals surface area contributed by atoms with Crippen molar-refractivity contribution in [2.45, 2.75) is 33.2 Å². The minimum Gasteiger partial charge on any atom is -0.454 e. The van der Waals surface area contributed by atoms with Gasteiger partial charge in [-0.05, 0) is 42.0 Å². The lowest BCUT2D eigenvalue weighted by Gasteiger charge is -2.20. The van der Waals surface area contributed by atoms with E-state index < -0.39 is 6.04 Å². The Morgan fingerprint density at radius 1 is 1.29 bits per heavy atom. The molecule has 1 aliphatic heterocycles. The average molecular weight is 401 g/mol. The molecule has 1 aromatic heterocycles. The standard InChI is InChI=1S/C20H23N3O4S/c1-12(2)19(22-18(24)9-15-5-4-6-28-15)20(25)23-21-10-14-8-17-16(7-13(14)3)26-11-27-17/h4-8,10,12,19H,9,11H2,1-3H3,(H,22,24)(H,23,25). The smallest absolute Gasteiger partial charge is 0.262 e. The summed E-state index contributed by atoms with van der Waals surface area (Å²) in [4.78, 5) is 25.7. The van der Waals surface area contributed by atoms with Crippen LogP contribution in [0.5, 0.6) is 11.5 Å². The molecule has 0 radical (unpaired) electrons. The van der Waals surface area contributed by atoms with E-state index >= 15 is 0 Å². The fraction of sp³-hybridized carbons (Fsp3) is 0.350. The first-order chi connectivity index (χ1) is 13.4. The van der Waals surface area contributed by atoms with Gasteiger partial charge in [-0.3, -0.25) is 9.59 Å². The number of amides is 2. The molecule has 28 heavy (non-hydrogen) atoms. The van der Waals surface area contributed by atoms with E-state index in [1.807, 2.05) is 50.4 Å². The highest BCUT2D eigenvalue weighted by Gasteiger charge is 2.24. The predicted octanol–water partition coefficient (Wildman–Crippen LogP) is 2.62. The number of hydrogen-bond acceptors (Lipinski definition) is 6. The van der Waals surface area contributed by atoms with Gasteiger partial charge in [-0.15, -0.1) is 11.3 Å². The molecule has 1 aliphatic rings. The Kier molecular flexibility index (Phi) is 6.30.